The molecule has 1 aliphatic rings. The monoisotopic (exact) mass is 198 g/mol. The number of hydrogen-bond acceptors (Lipinski definition) is 2. The Balaban J connectivity index is 2.02. The van der Waals surface area contributed by atoms with Crippen molar-refractivity contribution in [3.8, 4) is 0 Å². The minimum absolute atomic E-state index is 0.653. The van der Waals surface area contributed by atoms with E-state index in [9.17, 15) is 0 Å². The summed E-state index contributed by atoms with van der Waals surface area (Å²) >= 11 is 0. The largest absolute Gasteiger partial charge is 0.313 e. The van der Waals surface area contributed by atoms with Crippen molar-refractivity contribution in [1.29, 1.82) is 0 Å². The molecule has 0 bridgehead atoms. The minimum Gasteiger partial charge on any atom is -0.313 e. The third kappa shape index (κ3) is 4.43. The van der Waals surface area contributed by atoms with Gasteiger partial charge in [0.1, 0.15) is 0 Å². The molecule has 1 N–H and O–H groups in total. The lowest BCUT2D eigenvalue weighted by Crippen LogP contribution is -2.39. The van der Waals surface area contributed by atoms with Crippen LogP contribution in [0.3, 0.4) is 0 Å². The van der Waals surface area contributed by atoms with Gasteiger partial charge in [-0.2, -0.15) is 0 Å². The van der Waals surface area contributed by atoms with Crippen molar-refractivity contribution in [2.75, 3.05) is 26.2 Å². The molecule has 14 heavy (non-hydrogen) atoms. The Labute approximate surface area is 89.1 Å². The predicted molar refractivity (Wildman–Crippen MR) is 62.6 cm³/mol. The highest BCUT2D eigenvalue weighted by Gasteiger charge is 2.10. The normalized spacial score (nSPS) is 21.4. The lowest BCUT2D eigenvalue weighted by Gasteiger charge is -2.27. The average Bonchev–Trinajstić information content (AvgIpc) is 2.19. The summed E-state index contributed by atoms with van der Waals surface area (Å²) in [6.07, 6.45) is 4.24. The van der Waals surface area contributed by atoms with E-state index < -0.39 is 0 Å². The van der Waals surface area contributed by atoms with E-state index in [0.29, 0.717) is 6.04 Å². The van der Waals surface area contributed by atoms with E-state index in [1.54, 1.807) is 0 Å². The second-order valence-corrected chi connectivity index (χ2v) is 4.89. The van der Waals surface area contributed by atoms with Gasteiger partial charge < -0.3 is 10.2 Å². The lowest BCUT2D eigenvalue weighted by atomic mass is 10.1. The number of likely N-dealkylation sites (tertiary alicyclic amines) is 1. The molecule has 0 unspecified atom stereocenters. The van der Waals surface area contributed by atoms with Crippen LogP contribution in [0.15, 0.2) is 0 Å². The molecule has 0 aromatic rings. The first-order valence-corrected chi connectivity index (χ1v) is 6.16. The molecule has 1 fully saturated rings. The summed E-state index contributed by atoms with van der Waals surface area (Å²) in [5, 5.41) is 3.59. The van der Waals surface area contributed by atoms with Crippen molar-refractivity contribution < 1.29 is 0 Å². The van der Waals surface area contributed by atoms with Crippen molar-refractivity contribution in [2.24, 2.45) is 5.92 Å². The maximum atomic E-state index is 3.59. The van der Waals surface area contributed by atoms with Crippen LogP contribution in [0.25, 0.3) is 0 Å². The third-order valence-corrected chi connectivity index (χ3v) is 3.34. The highest BCUT2D eigenvalue weighted by Crippen LogP contribution is 2.07. The zero-order valence-corrected chi connectivity index (χ0v) is 10.1. The Morgan fingerprint density at radius 2 is 1.71 bits per heavy atom. The molecule has 2 nitrogen and oxygen atoms in total. The van der Waals surface area contributed by atoms with Crippen molar-refractivity contribution in [3.05, 3.63) is 0 Å². The van der Waals surface area contributed by atoms with Gasteiger partial charge in [0.05, 0.1) is 0 Å². The molecule has 0 radical (unpaired) electrons. The summed E-state index contributed by atoms with van der Waals surface area (Å²) in [6, 6.07) is 0.653. The molecule has 0 saturated carbocycles. The van der Waals surface area contributed by atoms with Crippen molar-refractivity contribution in [3.63, 3.8) is 0 Å². The van der Waals surface area contributed by atoms with Gasteiger partial charge >= 0.3 is 0 Å². The van der Waals surface area contributed by atoms with Gasteiger partial charge in [0.25, 0.3) is 0 Å². The van der Waals surface area contributed by atoms with Crippen LogP contribution in [0.2, 0.25) is 0 Å². The smallest absolute Gasteiger partial charge is 0.0107 e. The second kappa shape index (κ2) is 6.41. The Kier molecular flexibility index (Phi) is 5.49. The van der Waals surface area contributed by atoms with Gasteiger partial charge in [-0.1, -0.05) is 20.3 Å². The van der Waals surface area contributed by atoms with E-state index in [2.05, 4.69) is 31.0 Å². The fourth-order valence-electron chi connectivity index (χ4n) is 1.87. The summed E-state index contributed by atoms with van der Waals surface area (Å²) in [5.74, 6) is 0.747. The molecule has 0 spiro atoms. The fraction of sp³-hybridized carbons (Fsp3) is 1.00. The van der Waals surface area contributed by atoms with Crippen LogP contribution < -0.4 is 5.32 Å². The first-order chi connectivity index (χ1) is 6.70. The Morgan fingerprint density at radius 1 is 1.07 bits per heavy atom. The topological polar surface area (TPSA) is 15.3 Å². The predicted octanol–water partition coefficient (Wildman–Crippen LogP) is 2.11. The quantitative estimate of drug-likeness (QED) is 0.728. The number of nitrogens with zero attached hydrogens (tertiary/aromatic N) is 1. The van der Waals surface area contributed by atoms with E-state index in [-0.39, 0.29) is 0 Å². The zero-order chi connectivity index (χ0) is 10.4. The van der Waals surface area contributed by atoms with Crippen molar-refractivity contribution in [2.45, 2.75) is 46.1 Å². The molecule has 1 aliphatic heterocycles. The highest BCUT2D eigenvalue weighted by atomic mass is 15.1. The molecular weight excluding hydrogens is 172 g/mol. The number of piperidine rings is 1. The van der Waals surface area contributed by atoms with Crippen LogP contribution in [0, 0.1) is 5.92 Å². The van der Waals surface area contributed by atoms with Gasteiger partial charge in [0, 0.05) is 19.1 Å². The lowest BCUT2D eigenvalue weighted by molar-refractivity contribution is 0.224. The van der Waals surface area contributed by atoms with E-state index >= 15 is 0 Å². The van der Waals surface area contributed by atoms with E-state index in [0.717, 1.165) is 12.5 Å². The summed E-state index contributed by atoms with van der Waals surface area (Å²) in [5.41, 5.74) is 0. The van der Waals surface area contributed by atoms with E-state index in [1.165, 1.54) is 38.9 Å². The van der Waals surface area contributed by atoms with Crippen LogP contribution in [-0.4, -0.2) is 37.1 Å². The number of rotatable bonds is 5. The Bertz CT molecular complexity index is 139. The molecular formula is C12H26N2. The molecule has 1 heterocycles. The zero-order valence-electron chi connectivity index (χ0n) is 10.1. The number of nitrogens with one attached hydrogen (secondary N) is 1. The Hall–Kier alpha value is -0.0800. The molecule has 1 rings (SSSR count). The van der Waals surface area contributed by atoms with Gasteiger partial charge in [-0.25, -0.2) is 0 Å². The van der Waals surface area contributed by atoms with Crippen LogP contribution in [0.1, 0.15) is 40.0 Å². The first-order valence-electron chi connectivity index (χ1n) is 6.16. The summed E-state index contributed by atoms with van der Waals surface area (Å²) in [6.45, 7) is 11.9. The van der Waals surface area contributed by atoms with Gasteiger partial charge in [-0.05, 0) is 38.8 Å². The average molecular weight is 198 g/mol. The highest BCUT2D eigenvalue weighted by molar-refractivity contribution is 4.68. The van der Waals surface area contributed by atoms with Gasteiger partial charge in [-0.3, -0.25) is 0 Å². The minimum atomic E-state index is 0.653. The van der Waals surface area contributed by atoms with Crippen LogP contribution in [0.4, 0.5) is 0 Å². The molecule has 1 atom stereocenters. The molecule has 0 aromatic heterocycles. The fourth-order valence-corrected chi connectivity index (χ4v) is 1.87. The van der Waals surface area contributed by atoms with Gasteiger partial charge in [-0.15, -0.1) is 0 Å². The van der Waals surface area contributed by atoms with Crippen LogP contribution >= 0.6 is 0 Å². The third-order valence-electron chi connectivity index (χ3n) is 3.34. The standard InChI is InChI=1S/C12H26N2/c1-11(2)12(3)13-7-10-14-8-5-4-6-9-14/h11-13H,4-10H2,1-3H3/t12-/m0/s1. The maximum Gasteiger partial charge on any atom is 0.0107 e. The molecule has 1 saturated heterocycles. The number of hydrogen-bond donors (Lipinski definition) is 1. The van der Waals surface area contributed by atoms with Gasteiger partial charge in [0.15, 0.2) is 0 Å². The molecule has 0 aromatic carbocycles. The molecule has 0 aliphatic carbocycles. The SMILES string of the molecule is CC(C)[C@H](C)NCCN1CCCCC1. The first kappa shape index (κ1) is 12.0. The Morgan fingerprint density at radius 3 is 2.29 bits per heavy atom. The van der Waals surface area contributed by atoms with E-state index in [4.69, 9.17) is 0 Å². The molecule has 84 valence electrons. The van der Waals surface area contributed by atoms with Crippen molar-refractivity contribution >= 4 is 0 Å². The summed E-state index contributed by atoms with van der Waals surface area (Å²) < 4.78 is 0. The maximum absolute atomic E-state index is 3.59. The second-order valence-electron chi connectivity index (χ2n) is 4.89. The summed E-state index contributed by atoms with van der Waals surface area (Å²) in [7, 11) is 0. The molecule has 0 amide bonds. The van der Waals surface area contributed by atoms with Crippen molar-refractivity contribution in [1.82, 2.24) is 10.2 Å². The van der Waals surface area contributed by atoms with Gasteiger partial charge in [0.2, 0.25) is 0 Å². The van der Waals surface area contributed by atoms with Crippen LogP contribution in [0.5, 0.6) is 0 Å². The van der Waals surface area contributed by atoms with E-state index in [1.807, 2.05) is 0 Å². The summed E-state index contributed by atoms with van der Waals surface area (Å²) in [4.78, 5) is 2.59. The van der Waals surface area contributed by atoms with Crippen LogP contribution in [-0.2, 0) is 0 Å². The molecule has 2 heteroatoms.